The number of rotatable bonds is 5. The Morgan fingerprint density at radius 2 is 2.31 bits per heavy atom. The average molecular weight is 228 g/mol. The van der Waals surface area contributed by atoms with E-state index in [1.54, 1.807) is 11.8 Å². The van der Waals surface area contributed by atoms with Gasteiger partial charge in [-0.05, 0) is 25.7 Å². The minimum Gasteiger partial charge on any atom is -0.393 e. The van der Waals surface area contributed by atoms with Crippen LogP contribution in [-0.4, -0.2) is 40.5 Å². The topological polar surface area (TPSA) is 83.6 Å². The van der Waals surface area contributed by atoms with Crippen LogP contribution in [0.5, 0.6) is 0 Å². The van der Waals surface area contributed by atoms with E-state index >= 15 is 0 Å². The molecule has 1 aliphatic rings. The van der Waals surface area contributed by atoms with Gasteiger partial charge in [0, 0.05) is 13.0 Å². The minimum absolute atomic E-state index is 0.0312. The van der Waals surface area contributed by atoms with Crippen molar-refractivity contribution in [3.63, 3.8) is 0 Å². The van der Waals surface area contributed by atoms with Crippen molar-refractivity contribution >= 4 is 11.8 Å². The smallest absolute Gasteiger partial charge is 0.240 e. The molecule has 0 radical (unpaired) electrons. The maximum absolute atomic E-state index is 11.7. The minimum atomic E-state index is -0.494. The predicted molar refractivity (Wildman–Crippen MR) is 59.4 cm³/mol. The van der Waals surface area contributed by atoms with Crippen molar-refractivity contribution in [1.82, 2.24) is 4.90 Å². The van der Waals surface area contributed by atoms with E-state index in [-0.39, 0.29) is 11.8 Å². The molecule has 5 heteroatoms. The van der Waals surface area contributed by atoms with Crippen molar-refractivity contribution in [2.24, 2.45) is 11.7 Å². The maximum Gasteiger partial charge on any atom is 0.240 e. The lowest BCUT2D eigenvalue weighted by Gasteiger charge is -2.24. The quantitative estimate of drug-likeness (QED) is 0.687. The fourth-order valence-corrected chi connectivity index (χ4v) is 2.33. The van der Waals surface area contributed by atoms with E-state index in [1.165, 1.54) is 0 Å². The summed E-state index contributed by atoms with van der Waals surface area (Å²) in [5, 5.41) is 9.27. The van der Waals surface area contributed by atoms with Gasteiger partial charge in [0.2, 0.25) is 11.8 Å². The first-order valence-corrected chi connectivity index (χ1v) is 5.72. The summed E-state index contributed by atoms with van der Waals surface area (Å²) < 4.78 is 0. The highest BCUT2D eigenvalue weighted by Gasteiger charge is 2.36. The van der Waals surface area contributed by atoms with E-state index in [1.807, 2.05) is 6.92 Å². The van der Waals surface area contributed by atoms with E-state index in [4.69, 9.17) is 5.73 Å². The monoisotopic (exact) mass is 228 g/mol. The SMILES string of the molecule is CC[C@@H](C(N)=O)N1C[C@H](C[C@H](C)O)CC1=O. The lowest BCUT2D eigenvalue weighted by molar-refractivity contribution is -0.136. The number of likely N-dealkylation sites (tertiary alicyclic amines) is 1. The summed E-state index contributed by atoms with van der Waals surface area (Å²) >= 11 is 0. The predicted octanol–water partition coefficient (Wildman–Crippen LogP) is -0.130. The molecule has 1 heterocycles. The Balaban J connectivity index is 2.63. The number of nitrogens with two attached hydrogens (primary N) is 1. The Morgan fingerprint density at radius 3 is 2.75 bits per heavy atom. The summed E-state index contributed by atoms with van der Waals surface area (Å²) in [5.74, 6) is -0.342. The van der Waals surface area contributed by atoms with Gasteiger partial charge in [-0.2, -0.15) is 0 Å². The molecule has 0 aromatic heterocycles. The molecule has 1 aliphatic heterocycles. The Kier molecular flexibility index (Phi) is 4.29. The van der Waals surface area contributed by atoms with E-state index < -0.39 is 18.1 Å². The van der Waals surface area contributed by atoms with Crippen molar-refractivity contribution in [2.75, 3.05) is 6.54 Å². The highest BCUT2D eigenvalue weighted by molar-refractivity contribution is 5.87. The molecule has 2 amide bonds. The largest absolute Gasteiger partial charge is 0.393 e. The van der Waals surface area contributed by atoms with E-state index in [0.29, 0.717) is 25.8 Å². The molecular formula is C11H20N2O3. The summed E-state index contributed by atoms with van der Waals surface area (Å²) in [5.41, 5.74) is 5.25. The number of hydrogen-bond acceptors (Lipinski definition) is 3. The number of nitrogens with zero attached hydrogens (tertiary/aromatic N) is 1. The van der Waals surface area contributed by atoms with Gasteiger partial charge in [-0.3, -0.25) is 9.59 Å². The molecule has 5 nitrogen and oxygen atoms in total. The van der Waals surface area contributed by atoms with Gasteiger partial charge in [0.15, 0.2) is 0 Å². The third-order valence-electron chi connectivity index (χ3n) is 3.00. The Bertz CT molecular complexity index is 278. The number of primary amides is 1. The van der Waals surface area contributed by atoms with Crippen LogP contribution in [0.15, 0.2) is 0 Å². The van der Waals surface area contributed by atoms with Crippen LogP contribution < -0.4 is 5.73 Å². The number of carbonyl (C=O) groups is 2. The summed E-state index contributed by atoms with van der Waals surface area (Å²) in [4.78, 5) is 24.4. The van der Waals surface area contributed by atoms with Crippen molar-refractivity contribution < 1.29 is 14.7 Å². The number of aliphatic hydroxyl groups is 1. The summed E-state index contributed by atoms with van der Waals surface area (Å²) in [6.07, 6.45) is 1.14. The Hall–Kier alpha value is -1.10. The molecule has 0 spiro atoms. The molecule has 0 aromatic carbocycles. The lowest BCUT2D eigenvalue weighted by atomic mass is 10.0. The van der Waals surface area contributed by atoms with Gasteiger partial charge in [-0.15, -0.1) is 0 Å². The van der Waals surface area contributed by atoms with Crippen LogP contribution in [0.2, 0.25) is 0 Å². The van der Waals surface area contributed by atoms with Crippen molar-refractivity contribution in [3.8, 4) is 0 Å². The van der Waals surface area contributed by atoms with E-state index in [2.05, 4.69) is 0 Å². The third kappa shape index (κ3) is 2.95. The van der Waals surface area contributed by atoms with Gasteiger partial charge >= 0.3 is 0 Å². The molecule has 0 saturated carbocycles. The second kappa shape index (κ2) is 5.30. The van der Waals surface area contributed by atoms with Gasteiger partial charge in [0.25, 0.3) is 0 Å². The maximum atomic E-state index is 11.7. The van der Waals surface area contributed by atoms with Crippen LogP contribution in [0.3, 0.4) is 0 Å². The van der Waals surface area contributed by atoms with Crippen molar-refractivity contribution in [3.05, 3.63) is 0 Å². The first-order chi connectivity index (χ1) is 7.45. The number of hydrogen-bond donors (Lipinski definition) is 2. The van der Waals surface area contributed by atoms with Crippen LogP contribution in [0.4, 0.5) is 0 Å². The zero-order chi connectivity index (χ0) is 12.3. The Morgan fingerprint density at radius 1 is 1.69 bits per heavy atom. The fourth-order valence-electron chi connectivity index (χ4n) is 2.33. The van der Waals surface area contributed by atoms with Gasteiger partial charge in [-0.25, -0.2) is 0 Å². The van der Waals surface area contributed by atoms with Gasteiger partial charge in [0.1, 0.15) is 6.04 Å². The molecule has 0 unspecified atom stereocenters. The highest BCUT2D eigenvalue weighted by Crippen LogP contribution is 2.24. The second-order valence-electron chi connectivity index (χ2n) is 4.53. The van der Waals surface area contributed by atoms with Crippen LogP contribution in [0.25, 0.3) is 0 Å². The highest BCUT2D eigenvalue weighted by atomic mass is 16.3. The molecule has 0 aliphatic carbocycles. The molecule has 1 saturated heterocycles. The number of amides is 2. The lowest BCUT2D eigenvalue weighted by Crippen LogP contribution is -2.45. The standard InChI is InChI=1S/C11H20N2O3/c1-3-9(11(12)16)13-6-8(4-7(2)14)5-10(13)15/h7-9,14H,3-6H2,1-2H3,(H2,12,16)/t7-,8+,9-/m0/s1. The number of carbonyl (C=O) groups excluding carboxylic acids is 2. The summed E-state index contributed by atoms with van der Waals surface area (Å²) in [7, 11) is 0. The first-order valence-electron chi connectivity index (χ1n) is 5.72. The average Bonchev–Trinajstić information content (AvgIpc) is 2.46. The third-order valence-corrected chi connectivity index (χ3v) is 3.00. The molecule has 0 aromatic rings. The second-order valence-corrected chi connectivity index (χ2v) is 4.53. The van der Waals surface area contributed by atoms with Crippen LogP contribution in [-0.2, 0) is 9.59 Å². The van der Waals surface area contributed by atoms with Crippen LogP contribution >= 0.6 is 0 Å². The summed E-state index contributed by atoms with van der Waals surface area (Å²) in [6.45, 7) is 4.08. The zero-order valence-corrected chi connectivity index (χ0v) is 9.85. The molecule has 1 rings (SSSR count). The van der Waals surface area contributed by atoms with Crippen molar-refractivity contribution in [1.29, 1.82) is 0 Å². The van der Waals surface area contributed by atoms with Gasteiger partial charge in [-0.1, -0.05) is 6.92 Å². The van der Waals surface area contributed by atoms with Gasteiger partial charge < -0.3 is 15.7 Å². The van der Waals surface area contributed by atoms with Crippen LogP contribution in [0, 0.1) is 5.92 Å². The van der Waals surface area contributed by atoms with E-state index in [0.717, 1.165) is 0 Å². The van der Waals surface area contributed by atoms with Crippen molar-refractivity contribution in [2.45, 2.75) is 45.3 Å². The first kappa shape index (κ1) is 13.0. The summed E-state index contributed by atoms with van der Waals surface area (Å²) in [6, 6.07) is -0.494. The zero-order valence-electron chi connectivity index (χ0n) is 9.85. The Labute approximate surface area is 95.6 Å². The molecule has 3 N–H and O–H groups in total. The molecule has 3 atom stereocenters. The molecule has 92 valence electrons. The van der Waals surface area contributed by atoms with E-state index in [9.17, 15) is 14.7 Å². The van der Waals surface area contributed by atoms with Gasteiger partial charge in [0.05, 0.1) is 6.10 Å². The molecule has 1 fully saturated rings. The molecule has 16 heavy (non-hydrogen) atoms. The number of aliphatic hydroxyl groups excluding tert-OH is 1. The normalized spacial score (nSPS) is 24.6. The fraction of sp³-hybridized carbons (Fsp3) is 0.818. The molecule has 0 bridgehead atoms. The van der Waals surface area contributed by atoms with Crippen LogP contribution in [0.1, 0.15) is 33.1 Å². The molecular weight excluding hydrogens is 208 g/mol.